The van der Waals surface area contributed by atoms with E-state index in [9.17, 15) is 18.3 Å². The second-order valence-corrected chi connectivity index (χ2v) is 6.74. The molecule has 1 aliphatic rings. The number of aromatic hydroxyl groups is 1. The van der Waals surface area contributed by atoms with Crippen molar-refractivity contribution in [3.63, 3.8) is 0 Å². The third-order valence-electron chi connectivity index (χ3n) is 4.77. The Balaban J connectivity index is 0.00000341. The Morgan fingerprint density at radius 2 is 1.81 bits per heavy atom. The van der Waals surface area contributed by atoms with Gasteiger partial charge in [0.2, 0.25) is 0 Å². The smallest absolute Gasteiger partial charge is 0.416 e. The minimum absolute atomic E-state index is 0. The Morgan fingerprint density at radius 1 is 1.10 bits per heavy atom. The van der Waals surface area contributed by atoms with Gasteiger partial charge in [0.1, 0.15) is 5.75 Å². The third-order valence-corrected chi connectivity index (χ3v) is 4.77. The lowest BCUT2D eigenvalue weighted by Crippen LogP contribution is -2.52. The van der Waals surface area contributed by atoms with Gasteiger partial charge in [-0.15, -0.1) is 24.0 Å². The summed E-state index contributed by atoms with van der Waals surface area (Å²) in [6.07, 6.45) is -4.38. The van der Waals surface area contributed by atoms with Crippen LogP contribution >= 0.6 is 24.0 Å². The number of rotatable bonds is 2. The summed E-state index contributed by atoms with van der Waals surface area (Å²) in [5.41, 5.74) is 0.422. The molecule has 1 aliphatic heterocycles. The van der Waals surface area contributed by atoms with E-state index in [1.54, 1.807) is 25.2 Å². The van der Waals surface area contributed by atoms with E-state index in [0.29, 0.717) is 11.5 Å². The number of phenols is 1. The molecule has 0 bridgehead atoms. The van der Waals surface area contributed by atoms with E-state index in [1.165, 1.54) is 6.07 Å². The molecule has 0 amide bonds. The van der Waals surface area contributed by atoms with Crippen molar-refractivity contribution in [3.8, 4) is 17.6 Å². The molecule has 1 fully saturated rings. The number of aliphatic imine (C=N–C) groups is 1. The number of alkyl halides is 3. The molecule has 9 heteroatoms. The minimum atomic E-state index is -4.38. The van der Waals surface area contributed by atoms with E-state index >= 15 is 0 Å². The summed E-state index contributed by atoms with van der Waals surface area (Å²) in [4.78, 5) is 8.47. The quantitative estimate of drug-likeness (QED) is 0.262. The van der Waals surface area contributed by atoms with E-state index in [1.807, 2.05) is 12.1 Å². The maximum absolute atomic E-state index is 12.8. The van der Waals surface area contributed by atoms with Gasteiger partial charge in [-0.05, 0) is 30.3 Å². The highest BCUT2D eigenvalue weighted by molar-refractivity contribution is 14.0. The molecular formula is C22H24F3IN4O. The van der Waals surface area contributed by atoms with Crippen LogP contribution in [0.1, 0.15) is 11.1 Å². The van der Waals surface area contributed by atoms with Crippen LogP contribution in [-0.2, 0) is 6.18 Å². The van der Waals surface area contributed by atoms with Gasteiger partial charge in [0, 0.05) is 38.8 Å². The standard InChI is InChI=1S/C22H23F3N4O.HI/c1-26-21(27-11-5-7-17-6-4-8-18(16-17)22(23,24)25)29-14-12-28(13-15-29)19-9-2-3-10-20(19)30;/h2-4,6,8-10,16,30H,11-15H2,1H3,(H,26,27);1H. The normalized spacial score (nSPS) is 14.4. The number of nitrogens with one attached hydrogen (secondary N) is 1. The predicted molar refractivity (Wildman–Crippen MR) is 127 cm³/mol. The Kier molecular flexibility index (Phi) is 8.86. The fourth-order valence-corrected chi connectivity index (χ4v) is 3.27. The van der Waals surface area contributed by atoms with Gasteiger partial charge in [-0.3, -0.25) is 4.99 Å². The number of hydrogen-bond acceptors (Lipinski definition) is 3. The first kappa shape index (κ1) is 24.7. The molecule has 5 nitrogen and oxygen atoms in total. The summed E-state index contributed by atoms with van der Waals surface area (Å²) in [6.45, 7) is 3.16. The molecule has 31 heavy (non-hydrogen) atoms. The van der Waals surface area contributed by atoms with Crippen molar-refractivity contribution in [2.24, 2.45) is 4.99 Å². The van der Waals surface area contributed by atoms with Gasteiger partial charge in [0.25, 0.3) is 0 Å². The second kappa shape index (κ2) is 11.1. The van der Waals surface area contributed by atoms with Crippen molar-refractivity contribution >= 4 is 35.6 Å². The highest BCUT2D eigenvalue weighted by Crippen LogP contribution is 2.29. The van der Waals surface area contributed by atoms with Gasteiger partial charge < -0.3 is 20.2 Å². The fourth-order valence-electron chi connectivity index (χ4n) is 3.27. The van der Waals surface area contributed by atoms with Gasteiger partial charge in [0.05, 0.1) is 17.8 Å². The number of anilines is 1. The molecule has 3 rings (SSSR count). The van der Waals surface area contributed by atoms with Gasteiger partial charge in [-0.2, -0.15) is 13.2 Å². The Labute approximate surface area is 197 Å². The van der Waals surface area contributed by atoms with Crippen molar-refractivity contribution in [2.75, 3.05) is 44.7 Å². The summed E-state index contributed by atoms with van der Waals surface area (Å²) < 4.78 is 38.3. The van der Waals surface area contributed by atoms with Crippen LogP contribution in [0.15, 0.2) is 53.5 Å². The molecule has 0 atom stereocenters. The van der Waals surface area contributed by atoms with Crippen molar-refractivity contribution in [1.82, 2.24) is 10.2 Å². The van der Waals surface area contributed by atoms with Crippen LogP contribution in [-0.4, -0.2) is 55.7 Å². The lowest BCUT2D eigenvalue weighted by atomic mass is 10.1. The molecule has 2 N–H and O–H groups in total. The number of para-hydroxylation sites is 2. The number of piperazine rings is 1. The third kappa shape index (κ3) is 6.69. The zero-order valence-electron chi connectivity index (χ0n) is 17.0. The molecule has 2 aromatic rings. The SMILES string of the molecule is CN=C(NCC#Cc1cccc(C(F)(F)F)c1)N1CCN(c2ccccc2O)CC1.I. The maximum Gasteiger partial charge on any atom is 0.416 e. The van der Waals surface area contributed by atoms with Crippen LogP contribution < -0.4 is 10.2 Å². The molecule has 0 aromatic heterocycles. The second-order valence-electron chi connectivity index (χ2n) is 6.74. The largest absolute Gasteiger partial charge is 0.506 e. The molecule has 0 radical (unpaired) electrons. The Bertz CT molecular complexity index is 961. The highest BCUT2D eigenvalue weighted by Gasteiger charge is 2.30. The average molecular weight is 544 g/mol. The van der Waals surface area contributed by atoms with Gasteiger partial charge in [-0.1, -0.05) is 30.0 Å². The van der Waals surface area contributed by atoms with E-state index in [-0.39, 0.29) is 36.3 Å². The monoisotopic (exact) mass is 544 g/mol. The number of halogens is 4. The van der Waals surface area contributed by atoms with Crippen molar-refractivity contribution in [2.45, 2.75) is 6.18 Å². The lowest BCUT2D eigenvalue weighted by molar-refractivity contribution is -0.137. The Morgan fingerprint density at radius 3 is 2.45 bits per heavy atom. The van der Waals surface area contributed by atoms with Crippen LogP contribution in [0.2, 0.25) is 0 Å². The molecule has 0 saturated carbocycles. The summed E-state index contributed by atoms with van der Waals surface area (Å²) in [6, 6.07) is 12.2. The number of hydrogen-bond donors (Lipinski definition) is 2. The molecule has 1 heterocycles. The predicted octanol–water partition coefficient (Wildman–Crippen LogP) is 3.78. The summed E-state index contributed by atoms with van der Waals surface area (Å²) in [5, 5.41) is 13.1. The zero-order valence-corrected chi connectivity index (χ0v) is 19.3. The molecule has 0 spiro atoms. The molecule has 166 valence electrons. The average Bonchev–Trinajstić information content (AvgIpc) is 2.74. The van der Waals surface area contributed by atoms with Crippen LogP contribution in [0.5, 0.6) is 5.75 Å². The van der Waals surface area contributed by atoms with Gasteiger partial charge in [0.15, 0.2) is 5.96 Å². The van der Waals surface area contributed by atoms with E-state index in [0.717, 1.165) is 44.0 Å². The molecule has 2 aromatic carbocycles. The van der Waals surface area contributed by atoms with E-state index in [4.69, 9.17) is 0 Å². The first-order valence-electron chi connectivity index (χ1n) is 9.53. The summed E-state index contributed by atoms with van der Waals surface area (Å²) >= 11 is 0. The Hall–Kier alpha value is -2.61. The van der Waals surface area contributed by atoms with E-state index < -0.39 is 11.7 Å². The van der Waals surface area contributed by atoms with E-state index in [2.05, 4.69) is 31.9 Å². The number of benzene rings is 2. The number of nitrogens with zero attached hydrogens (tertiary/aromatic N) is 3. The summed E-state index contributed by atoms with van der Waals surface area (Å²) in [7, 11) is 1.68. The molecule has 1 saturated heterocycles. The van der Waals surface area contributed by atoms with Crippen molar-refractivity contribution < 1.29 is 18.3 Å². The van der Waals surface area contributed by atoms with Gasteiger partial charge >= 0.3 is 6.18 Å². The topological polar surface area (TPSA) is 51.1 Å². The fraction of sp³-hybridized carbons (Fsp3) is 0.318. The maximum atomic E-state index is 12.8. The number of phenolic OH excluding ortho intramolecular Hbond substituents is 1. The molecule has 0 unspecified atom stereocenters. The van der Waals surface area contributed by atoms with Crippen LogP contribution in [0, 0.1) is 11.8 Å². The van der Waals surface area contributed by atoms with Crippen LogP contribution in [0.3, 0.4) is 0 Å². The first-order chi connectivity index (χ1) is 14.4. The highest BCUT2D eigenvalue weighted by atomic mass is 127. The van der Waals surface area contributed by atoms with Crippen LogP contribution in [0.25, 0.3) is 0 Å². The van der Waals surface area contributed by atoms with Gasteiger partial charge in [-0.25, -0.2) is 0 Å². The first-order valence-corrected chi connectivity index (χ1v) is 9.53. The summed E-state index contributed by atoms with van der Waals surface area (Å²) in [5.74, 6) is 6.55. The van der Waals surface area contributed by atoms with Crippen LogP contribution in [0.4, 0.5) is 18.9 Å². The molecule has 0 aliphatic carbocycles. The zero-order chi connectivity index (χ0) is 21.6. The number of guanidine groups is 1. The molecular weight excluding hydrogens is 520 g/mol. The van der Waals surface area contributed by atoms with Crippen molar-refractivity contribution in [3.05, 3.63) is 59.7 Å². The minimum Gasteiger partial charge on any atom is -0.506 e. The van der Waals surface area contributed by atoms with Crippen molar-refractivity contribution in [1.29, 1.82) is 0 Å². The lowest BCUT2D eigenvalue weighted by Gasteiger charge is -2.37.